The number of anilines is 1. The lowest BCUT2D eigenvalue weighted by Crippen LogP contribution is -2.20. The van der Waals surface area contributed by atoms with Gasteiger partial charge in [0.05, 0.1) is 11.3 Å². The van der Waals surface area contributed by atoms with E-state index in [4.69, 9.17) is 9.84 Å². The van der Waals surface area contributed by atoms with E-state index in [0.717, 1.165) is 5.69 Å². The zero-order valence-electron chi connectivity index (χ0n) is 10.6. The molecule has 0 aliphatic rings. The van der Waals surface area contributed by atoms with Crippen molar-refractivity contribution in [2.75, 3.05) is 11.9 Å². The van der Waals surface area contributed by atoms with E-state index in [1.54, 1.807) is 0 Å². The molecule has 0 fully saturated rings. The van der Waals surface area contributed by atoms with Crippen molar-refractivity contribution in [3.63, 3.8) is 0 Å². The lowest BCUT2D eigenvalue weighted by atomic mass is 10.2. The average molecular weight is 292 g/mol. The van der Waals surface area contributed by atoms with Gasteiger partial charge in [-0.3, -0.25) is 10.1 Å². The number of hydrogen-bond donors (Lipinski definition) is 2. The summed E-state index contributed by atoms with van der Waals surface area (Å²) >= 11 is 1.34. The first-order chi connectivity index (χ1) is 9.54. The molecule has 0 unspecified atom stereocenters. The summed E-state index contributed by atoms with van der Waals surface area (Å²) in [7, 11) is 0. The molecule has 2 aromatic rings. The number of carbonyl (C=O) groups is 2. The van der Waals surface area contributed by atoms with Gasteiger partial charge in [0, 0.05) is 5.38 Å². The van der Waals surface area contributed by atoms with Crippen molar-refractivity contribution in [3.05, 3.63) is 40.9 Å². The summed E-state index contributed by atoms with van der Waals surface area (Å²) in [6.45, 7) is 1.68. The number of aryl methyl sites for hydroxylation is 1. The molecule has 0 bridgehead atoms. The van der Waals surface area contributed by atoms with Crippen LogP contribution < -0.4 is 10.1 Å². The Morgan fingerprint density at radius 3 is 2.60 bits per heavy atom. The van der Waals surface area contributed by atoms with Crippen LogP contribution in [-0.4, -0.2) is 28.6 Å². The maximum atomic E-state index is 11.6. The molecule has 2 N–H and O–H groups in total. The fourth-order valence-electron chi connectivity index (χ4n) is 1.41. The fraction of sp³-hybridized carbons (Fsp3) is 0.154. The predicted molar refractivity (Wildman–Crippen MR) is 74.4 cm³/mol. The standard InChI is InChI=1S/C13H12N2O4S/c1-8-7-20-13(14-8)15-11(16)6-19-10-4-2-9(3-5-10)12(17)18/h2-5,7H,6H2,1H3,(H,17,18)(H,14,15,16). The molecule has 0 spiro atoms. The molecule has 7 heteroatoms. The molecule has 0 aliphatic heterocycles. The van der Waals surface area contributed by atoms with Crippen LogP contribution in [-0.2, 0) is 4.79 Å². The summed E-state index contributed by atoms with van der Waals surface area (Å²) in [6.07, 6.45) is 0. The van der Waals surface area contributed by atoms with E-state index in [1.165, 1.54) is 35.6 Å². The molecule has 1 aromatic heterocycles. The average Bonchev–Trinajstić information content (AvgIpc) is 2.82. The lowest BCUT2D eigenvalue weighted by Gasteiger charge is -2.05. The van der Waals surface area contributed by atoms with Gasteiger partial charge < -0.3 is 9.84 Å². The Labute approximate surface area is 119 Å². The number of thiazole rings is 1. The van der Waals surface area contributed by atoms with Gasteiger partial charge in [-0.25, -0.2) is 9.78 Å². The number of benzene rings is 1. The van der Waals surface area contributed by atoms with E-state index in [0.29, 0.717) is 10.9 Å². The molecule has 104 valence electrons. The van der Waals surface area contributed by atoms with Crippen molar-refractivity contribution < 1.29 is 19.4 Å². The van der Waals surface area contributed by atoms with Crippen molar-refractivity contribution in [2.45, 2.75) is 6.92 Å². The smallest absolute Gasteiger partial charge is 0.335 e. The third kappa shape index (κ3) is 3.79. The number of aromatic nitrogens is 1. The second-order valence-corrected chi connectivity index (χ2v) is 4.82. The number of hydrogen-bond acceptors (Lipinski definition) is 5. The number of aromatic carboxylic acids is 1. The van der Waals surface area contributed by atoms with Gasteiger partial charge in [-0.05, 0) is 31.2 Å². The Hall–Kier alpha value is -2.41. The predicted octanol–water partition coefficient (Wildman–Crippen LogP) is 2.17. The molecule has 1 amide bonds. The normalized spacial score (nSPS) is 10.1. The zero-order valence-corrected chi connectivity index (χ0v) is 11.4. The number of rotatable bonds is 5. The highest BCUT2D eigenvalue weighted by atomic mass is 32.1. The topological polar surface area (TPSA) is 88.5 Å². The quantitative estimate of drug-likeness (QED) is 0.881. The summed E-state index contributed by atoms with van der Waals surface area (Å²) < 4.78 is 5.25. The van der Waals surface area contributed by atoms with Crippen molar-refractivity contribution >= 4 is 28.3 Å². The second-order valence-electron chi connectivity index (χ2n) is 3.96. The number of nitrogens with one attached hydrogen (secondary N) is 1. The first-order valence-corrected chi connectivity index (χ1v) is 6.60. The SMILES string of the molecule is Cc1csc(NC(=O)COc2ccc(C(=O)O)cc2)n1. The molecule has 1 aromatic carbocycles. The summed E-state index contributed by atoms with van der Waals surface area (Å²) in [6, 6.07) is 5.84. The van der Waals surface area contributed by atoms with Crippen molar-refractivity contribution in [3.8, 4) is 5.75 Å². The number of nitrogens with zero attached hydrogens (tertiary/aromatic N) is 1. The van der Waals surface area contributed by atoms with Crippen molar-refractivity contribution in [1.82, 2.24) is 4.98 Å². The largest absolute Gasteiger partial charge is 0.484 e. The van der Waals surface area contributed by atoms with Gasteiger partial charge in [0.25, 0.3) is 5.91 Å². The number of carbonyl (C=O) groups excluding carboxylic acids is 1. The van der Waals surface area contributed by atoms with Crippen LogP contribution in [0.5, 0.6) is 5.75 Å². The molecule has 0 aliphatic carbocycles. The zero-order chi connectivity index (χ0) is 14.5. The van der Waals surface area contributed by atoms with Gasteiger partial charge in [0.2, 0.25) is 0 Å². The van der Waals surface area contributed by atoms with Gasteiger partial charge in [-0.1, -0.05) is 0 Å². The van der Waals surface area contributed by atoms with E-state index >= 15 is 0 Å². The second kappa shape index (κ2) is 6.16. The minimum Gasteiger partial charge on any atom is -0.484 e. The lowest BCUT2D eigenvalue weighted by molar-refractivity contribution is -0.118. The Bertz CT molecular complexity index is 622. The van der Waals surface area contributed by atoms with Crippen LogP contribution in [0.15, 0.2) is 29.6 Å². The molecule has 0 atom stereocenters. The van der Waals surface area contributed by atoms with Gasteiger partial charge in [0.15, 0.2) is 11.7 Å². The minimum absolute atomic E-state index is 0.162. The Balaban J connectivity index is 1.85. The van der Waals surface area contributed by atoms with Crippen LogP contribution in [0.1, 0.15) is 16.1 Å². The van der Waals surface area contributed by atoms with E-state index in [1.807, 2.05) is 12.3 Å². The molecule has 0 saturated carbocycles. The first-order valence-electron chi connectivity index (χ1n) is 5.73. The summed E-state index contributed by atoms with van der Waals surface area (Å²) in [4.78, 5) is 26.4. The van der Waals surface area contributed by atoms with Crippen LogP contribution in [0, 0.1) is 6.92 Å². The number of ether oxygens (including phenoxy) is 1. The third-order valence-corrected chi connectivity index (χ3v) is 3.21. The molecule has 20 heavy (non-hydrogen) atoms. The van der Waals surface area contributed by atoms with Crippen LogP contribution in [0.3, 0.4) is 0 Å². The molecule has 0 radical (unpaired) electrons. The number of carboxylic acids is 1. The van der Waals surface area contributed by atoms with Gasteiger partial charge >= 0.3 is 5.97 Å². The first kappa shape index (κ1) is 14.0. The Morgan fingerprint density at radius 2 is 2.05 bits per heavy atom. The minimum atomic E-state index is -1.01. The Kier molecular flexibility index (Phi) is 4.31. The summed E-state index contributed by atoms with van der Waals surface area (Å²) in [5.41, 5.74) is 1.01. The monoisotopic (exact) mass is 292 g/mol. The van der Waals surface area contributed by atoms with Gasteiger partial charge in [-0.15, -0.1) is 11.3 Å². The van der Waals surface area contributed by atoms with E-state index in [9.17, 15) is 9.59 Å². The van der Waals surface area contributed by atoms with E-state index in [-0.39, 0.29) is 18.1 Å². The third-order valence-electron chi connectivity index (χ3n) is 2.34. The van der Waals surface area contributed by atoms with Gasteiger partial charge in [0.1, 0.15) is 5.75 Å². The molecule has 0 saturated heterocycles. The molecular formula is C13H12N2O4S. The van der Waals surface area contributed by atoms with Crippen molar-refractivity contribution in [2.24, 2.45) is 0 Å². The van der Waals surface area contributed by atoms with Crippen LogP contribution in [0.4, 0.5) is 5.13 Å². The maximum Gasteiger partial charge on any atom is 0.335 e. The highest BCUT2D eigenvalue weighted by Crippen LogP contribution is 2.15. The molecule has 6 nitrogen and oxygen atoms in total. The van der Waals surface area contributed by atoms with E-state index in [2.05, 4.69) is 10.3 Å². The Morgan fingerprint density at radius 1 is 1.35 bits per heavy atom. The van der Waals surface area contributed by atoms with Crippen LogP contribution >= 0.6 is 11.3 Å². The van der Waals surface area contributed by atoms with Gasteiger partial charge in [-0.2, -0.15) is 0 Å². The fourth-order valence-corrected chi connectivity index (χ4v) is 2.11. The molecule has 2 rings (SSSR count). The van der Waals surface area contributed by atoms with E-state index < -0.39 is 5.97 Å². The highest BCUT2D eigenvalue weighted by Gasteiger charge is 2.07. The van der Waals surface area contributed by atoms with Crippen LogP contribution in [0.2, 0.25) is 0 Å². The molecule has 1 heterocycles. The number of carboxylic acid groups (broad SMARTS) is 1. The highest BCUT2D eigenvalue weighted by molar-refractivity contribution is 7.13. The summed E-state index contributed by atoms with van der Waals surface area (Å²) in [5.74, 6) is -0.893. The van der Waals surface area contributed by atoms with Crippen molar-refractivity contribution in [1.29, 1.82) is 0 Å². The molecular weight excluding hydrogens is 280 g/mol. The number of amides is 1. The maximum absolute atomic E-state index is 11.6. The van der Waals surface area contributed by atoms with Crippen LogP contribution in [0.25, 0.3) is 0 Å². The summed E-state index contributed by atoms with van der Waals surface area (Å²) in [5, 5.41) is 13.7.